The lowest BCUT2D eigenvalue weighted by Crippen LogP contribution is -2.33. The van der Waals surface area contributed by atoms with Crippen LogP contribution in [0.3, 0.4) is 0 Å². The zero-order valence-corrected chi connectivity index (χ0v) is 14.1. The monoisotopic (exact) mass is 347 g/mol. The lowest BCUT2D eigenvalue weighted by Gasteiger charge is -2.18. The number of aromatic nitrogens is 2. The second-order valence-electron chi connectivity index (χ2n) is 6.59. The van der Waals surface area contributed by atoms with Crippen molar-refractivity contribution in [3.05, 3.63) is 47.4 Å². The highest BCUT2D eigenvalue weighted by Gasteiger charge is 2.28. The Kier molecular flexibility index (Phi) is 5.43. The van der Waals surface area contributed by atoms with Crippen molar-refractivity contribution in [2.45, 2.75) is 57.1 Å². The highest BCUT2D eigenvalue weighted by molar-refractivity contribution is 5.76. The van der Waals surface area contributed by atoms with E-state index in [0.717, 1.165) is 18.7 Å². The van der Waals surface area contributed by atoms with Gasteiger partial charge in [0.2, 0.25) is 11.8 Å². The summed E-state index contributed by atoms with van der Waals surface area (Å²) in [4.78, 5) is 16.3. The van der Waals surface area contributed by atoms with Crippen LogP contribution in [-0.2, 0) is 11.2 Å². The Bertz CT molecular complexity index is 713. The molecule has 0 bridgehead atoms. The number of benzene rings is 1. The van der Waals surface area contributed by atoms with E-state index in [0.29, 0.717) is 30.2 Å². The first-order chi connectivity index (χ1) is 12.0. The molecular formula is C18H22FN3O3. The minimum atomic E-state index is -0.757. The van der Waals surface area contributed by atoms with E-state index in [1.807, 2.05) is 6.92 Å². The average Bonchev–Trinajstić information content (AvgIpc) is 3.32. The zero-order valence-electron chi connectivity index (χ0n) is 14.1. The number of aliphatic hydroxyl groups is 1. The molecule has 0 aliphatic heterocycles. The summed E-state index contributed by atoms with van der Waals surface area (Å²) in [6.45, 7) is 1.82. The Labute approximate surface area is 145 Å². The minimum Gasteiger partial charge on any atom is -0.388 e. The molecule has 2 unspecified atom stereocenters. The Morgan fingerprint density at radius 2 is 2.12 bits per heavy atom. The van der Waals surface area contributed by atoms with E-state index in [4.69, 9.17) is 4.52 Å². The summed E-state index contributed by atoms with van der Waals surface area (Å²) < 4.78 is 18.0. The molecule has 1 aliphatic carbocycles. The molecular weight excluding hydrogens is 325 g/mol. The number of nitrogens with zero attached hydrogens (tertiary/aromatic N) is 2. The topological polar surface area (TPSA) is 88.2 Å². The fourth-order valence-corrected chi connectivity index (χ4v) is 2.66. The maximum absolute atomic E-state index is 12.9. The first-order valence-corrected chi connectivity index (χ1v) is 8.56. The summed E-state index contributed by atoms with van der Waals surface area (Å²) in [5.74, 6) is 1.18. The number of halogens is 1. The molecule has 2 atom stereocenters. The van der Waals surface area contributed by atoms with Crippen molar-refractivity contribution in [3.63, 3.8) is 0 Å². The van der Waals surface area contributed by atoms with E-state index in [-0.39, 0.29) is 24.2 Å². The highest BCUT2D eigenvalue weighted by Crippen LogP contribution is 2.38. The maximum Gasteiger partial charge on any atom is 0.227 e. The molecule has 0 radical (unpaired) electrons. The van der Waals surface area contributed by atoms with E-state index in [1.165, 1.54) is 12.1 Å². The number of amides is 1. The van der Waals surface area contributed by atoms with E-state index < -0.39 is 6.10 Å². The van der Waals surface area contributed by atoms with Crippen LogP contribution in [0.1, 0.15) is 61.9 Å². The number of hydrogen-bond donors (Lipinski definition) is 2. The Hall–Kier alpha value is -2.28. The highest BCUT2D eigenvalue weighted by atomic mass is 19.1. The first-order valence-electron chi connectivity index (χ1n) is 8.56. The second kappa shape index (κ2) is 7.74. The molecule has 134 valence electrons. The van der Waals surface area contributed by atoms with Crippen LogP contribution < -0.4 is 5.32 Å². The van der Waals surface area contributed by atoms with Gasteiger partial charge in [-0.1, -0.05) is 17.3 Å². The Balaban J connectivity index is 1.41. The number of aryl methyl sites for hydroxylation is 1. The maximum atomic E-state index is 12.9. The van der Waals surface area contributed by atoms with Crippen LogP contribution in [-0.4, -0.2) is 27.2 Å². The molecule has 1 aromatic carbocycles. The third-order valence-electron chi connectivity index (χ3n) is 4.23. The third-order valence-corrected chi connectivity index (χ3v) is 4.23. The average molecular weight is 347 g/mol. The Morgan fingerprint density at radius 1 is 1.40 bits per heavy atom. The standard InChI is InChI=1S/C18H22FN3O3/c1-11(10-15(23)12-4-6-14(19)7-5-12)20-16(24)8-9-17-21-18(22-25-17)13-2-3-13/h4-7,11,13,15,23H,2-3,8-10H2,1H3,(H,20,24). The number of hydrogen-bond acceptors (Lipinski definition) is 5. The molecule has 6 nitrogen and oxygen atoms in total. The smallest absolute Gasteiger partial charge is 0.227 e. The SMILES string of the molecule is CC(CC(O)c1ccc(F)cc1)NC(=O)CCc1nc(C2CC2)no1. The van der Waals surface area contributed by atoms with Crippen LogP contribution in [0.25, 0.3) is 0 Å². The van der Waals surface area contributed by atoms with Crippen LogP contribution in [0.15, 0.2) is 28.8 Å². The summed E-state index contributed by atoms with van der Waals surface area (Å²) in [6.07, 6.45) is 2.46. The number of nitrogens with one attached hydrogen (secondary N) is 1. The molecule has 3 rings (SSSR count). The van der Waals surface area contributed by atoms with Crippen LogP contribution >= 0.6 is 0 Å². The molecule has 25 heavy (non-hydrogen) atoms. The molecule has 2 N–H and O–H groups in total. The molecule has 1 heterocycles. The van der Waals surface area contributed by atoms with Gasteiger partial charge in [0.15, 0.2) is 5.82 Å². The van der Waals surface area contributed by atoms with Gasteiger partial charge >= 0.3 is 0 Å². The predicted octanol–water partition coefficient (Wildman–Crippen LogP) is 2.65. The van der Waals surface area contributed by atoms with Crippen LogP contribution in [0.2, 0.25) is 0 Å². The zero-order chi connectivity index (χ0) is 17.8. The van der Waals surface area contributed by atoms with Gasteiger partial charge in [0, 0.05) is 24.8 Å². The minimum absolute atomic E-state index is 0.134. The lowest BCUT2D eigenvalue weighted by molar-refractivity contribution is -0.121. The summed E-state index contributed by atoms with van der Waals surface area (Å²) in [7, 11) is 0. The number of aliphatic hydroxyl groups excluding tert-OH is 1. The number of carbonyl (C=O) groups is 1. The molecule has 1 fully saturated rings. The van der Waals surface area contributed by atoms with Gasteiger partial charge in [-0.3, -0.25) is 4.79 Å². The fraction of sp³-hybridized carbons (Fsp3) is 0.500. The van der Waals surface area contributed by atoms with Crippen molar-refractivity contribution in [3.8, 4) is 0 Å². The molecule has 0 saturated heterocycles. The van der Waals surface area contributed by atoms with Gasteiger partial charge in [0.25, 0.3) is 0 Å². The van der Waals surface area contributed by atoms with Crippen molar-refractivity contribution < 1.29 is 18.8 Å². The summed E-state index contributed by atoms with van der Waals surface area (Å²) >= 11 is 0. The van der Waals surface area contributed by atoms with Gasteiger partial charge in [-0.15, -0.1) is 0 Å². The predicted molar refractivity (Wildman–Crippen MR) is 88.2 cm³/mol. The number of rotatable bonds is 8. The first kappa shape index (κ1) is 17.5. The lowest BCUT2D eigenvalue weighted by atomic mass is 10.0. The molecule has 1 aliphatic rings. The fourth-order valence-electron chi connectivity index (χ4n) is 2.66. The van der Waals surface area contributed by atoms with Crippen LogP contribution in [0.4, 0.5) is 4.39 Å². The van der Waals surface area contributed by atoms with Crippen molar-refractivity contribution in [2.24, 2.45) is 0 Å². The third kappa shape index (κ3) is 5.09. The van der Waals surface area contributed by atoms with Gasteiger partial charge in [0.1, 0.15) is 5.82 Å². The van der Waals surface area contributed by atoms with Gasteiger partial charge < -0.3 is 14.9 Å². The van der Waals surface area contributed by atoms with Crippen molar-refractivity contribution >= 4 is 5.91 Å². The van der Waals surface area contributed by atoms with Gasteiger partial charge in [0.05, 0.1) is 6.10 Å². The number of carbonyl (C=O) groups excluding carboxylic acids is 1. The van der Waals surface area contributed by atoms with Crippen molar-refractivity contribution in [1.82, 2.24) is 15.5 Å². The summed E-state index contributed by atoms with van der Waals surface area (Å²) in [5, 5.41) is 16.9. The van der Waals surface area contributed by atoms with Crippen LogP contribution in [0, 0.1) is 5.82 Å². The summed E-state index contributed by atoms with van der Waals surface area (Å²) in [5.41, 5.74) is 0.626. The molecule has 1 amide bonds. The summed E-state index contributed by atoms with van der Waals surface area (Å²) in [6, 6.07) is 5.49. The van der Waals surface area contributed by atoms with Crippen molar-refractivity contribution in [1.29, 1.82) is 0 Å². The van der Waals surface area contributed by atoms with E-state index in [1.54, 1.807) is 12.1 Å². The van der Waals surface area contributed by atoms with E-state index >= 15 is 0 Å². The second-order valence-corrected chi connectivity index (χ2v) is 6.59. The van der Waals surface area contributed by atoms with Crippen LogP contribution in [0.5, 0.6) is 0 Å². The van der Waals surface area contributed by atoms with Crippen molar-refractivity contribution in [2.75, 3.05) is 0 Å². The van der Waals surface area contributed by atoms with E-state index in [2.05, 4.69) is 15.5 Å². The molecule has 0 spiro atoms. The van der Waals surface area contributed by atoms with Gasteiger partial charge in [-0.25, -0.2) is 4.39 Å². The Morgan fingerprint density at radius 3 is 2.80 bits per heavy atom. The quantitative estimate of drug-likeness (QED) is 0.766. The molecule has 2 aromatic rings. The van der Waals surface area contributed by atoms with E-state index in [9.17, 15) is 14.3 Å². The largest absolute Gasteiger partial charge is 0.388 e. The molecule has 1 aromatic heterocycles. The van der Waals surface area contributed by atoms with Gasteiger partial charge in [-0.2, -0.15) is 4.98 Å². The normalized spacial score (nSPS) is 16.4. The molecule has 7 heteroatoms. The van der Waals surface area contributed by atoms with Gasteiger partial charge in [-0.05, 0) is 43.9 Å². The molecule has 1 saturated carbocycles.